The number of nitrogens with zero attached hydrogens (tertiary/aromatic N) is 4. The molecule has 27 heavy (non-hydrogen) atoms. The molecule has 1 aromatic carbocycles. The van der Waals surface area contributed by atoms with Gasteiger partial charge in [-0.05, 0) is 19.4 Å². The molecular weight excluding hydrogens is 346 g/mol. The number of morpholine rings is 1. The van der Waals surface area contributed by atoms with Crippen molar-refractivity contribution in [1.29, 1.82) is 0 Å². The summed E-state index contributed by atoms with van der Waals surface area (Å²) in [4.78, 5) is 27.0. The van der Waals surface area contributed by atoms with E-state index in [2.05, 4.69) is 15.5 Å². The predicted molar refractivity (Wildman–Crippen MR) is 98.6 cm³/mol. The van der Waals surface area contributed by atoms with E-state index in [9.17, 15) is 9.59 Å². The molecule has 2 atom stereocenters. The molecule has 1 aliphatic heterocycles. The van der Waals surface area contributed by atoms with Crippen LogP contribution in [-0.4, -0.2) is 56.8 Å². The molecule has 1 saturated heterocycles. The molecule has 0 bridgehead atoms. The SMILES string of the molecule is CC(C)N1C(=O)COC(C(=O)NCCc2nncn2C)C1c1ccccc1. The Hall–Kier alpha value is -2.74. The zero-order chi connectivity index (χ0) is 19.4. The second-order valence-corrected chi connectivity index (χ2v) is 6.88. The van der Waals surface area contributed by atoms with E-state index in [-0.39, 0.29) is 24.5 Å². The highest BCUT2D eigenvalue weighted by Gasteiger charge is 2.42. The molecule has 1 fully saturated rings. The molecule has 1 aliphatic rings. The molecule has 144 valence electrons. The van der Waals surface area contributed by atoms with Crippen LogP contribution in [0, 0.1) is 0 Å². The maximum Gasteiger partial charge on any atom is 0.251 e. The fourth-order valence-corrected chi connectivity index (χ4v) is 3.37. The Bertz CT molecular complexity index is 790. The Kier molecular flexibility index (Phi) is 5.85. The van der Waals surface area contributed by atoms with Crippen LogP contribution < -0.4 is 5.32 Å². The fourth-order valence-electron chi connectivity index (χ4n) is 3.37. The molecule has 2 heterocycles. The van der Waals surface area contributed by atoms with Crippen LogP contribution in [0.25, 0.3) is 0 Å². The number of rotatable bonds is 6. The second kappa shape index (κ2) is 8.30. The summed E-state index contributed by atoms with van der Waals surface area (Å²) < 4.78 is 7.49. The number of ether oxygens (including phenoxy) is 1. The van der Waals surface area contributed by atoms with Gasteiger partial charge in [-0.25, -0.2) is 0 Å². The van der Waals surface area contributed by atoms with Gasteiger partial charge in [0.1, 0.15) is 18.8 Å². The number of amides is 2. The average molecular weight is 371 g/mol. The third-order valence-corrected chi connectivity index (χ3v) is 4.67. The van der Waals surface area contributed by atoms with Crippen LogP contribution >= 0.6 is 0 Å². The van der Waals surface area contributed by atoms with Crippen molar-refractivity contribution in [3.05, 3.63) is 48.0 Å². The standard InChI is InChI=1S/C19H25N5O3/c1-13(2)24-16(25)11-27-18(17(24)14-7-5-4-6-8-14)19(26)20-10-9-15-22-21-12-23(15)3/h4-8,12-13,17-18H,9-11H2,1-3H3,(H,20,26). The van der Waals surface area contributed by atoms with E-state index in [1.165, 1.54) is 0 Å². The van der Waals surface area contributed by atoms with Gasteiger partial charge in [-0.15, -0.1) is 10.2 Å². The second-order valence-electron chi connectivity index (χ2n) is 6.88. The maximum absolute atomic E-state index is 12.9. The van der Waals surface area contributed by atoms with Gasteiger partial charge in [-0.2, -0.15) is 0 Å². The van der Waals surface area contributed by atoms with Crippen molar-refractivity contribution >= 4 is 11.8 Å². The summed E-state index contributed by atoms with van der Waals surface area (Å²) in [6.07, 6.45) is 1.43. The van der Waals surface area contributed by atoms with Crippen LogP contribution in [0.1, 0.15) is 31.3 Å². The Morgan fingerprint density at radius 3 is 2.70 bits per heavy atom. The largest absolute Gasteiger partial charge is 0.356 e. The minimum Gasteiger partial charge on any atom is -0.356 e. The fraction of sp³-hybridized carbons (Fsp3) is 0.474. The normalized spacial score (nSPS) is 20.1. The Balaban J connectivity index is 1.75. The van der Waals surface area contributed by atoms with E-state index in [1.54, 1.807) is 11.2 Å². The first-order valence-corrected chi connectivity index (χ1v) is 9.07. The quantitative estimate of drug-likeness (QED) is 0.813. The van der Waals surface area contributed by atoms with E-state index in [4.69, 9.17) is 4.74 Å². The first-order chi connectivity index (χ1) is 13.0. The minimum absolute atomic E-state index is 0.0412. The lowest BCUT2D eigenvalue weighted by molar-refractivity contribution is -0.167. The lowest BCUT2D eigenvalue weighted by Crippen LogP contribution is -2.56. The summed E-state index contributed by atoms with van der Waals surface area (Å²) in [6.45, 7) is 4.22. The molecule has 3 rings (SSSR count). The van der Waals surface area contributed by atoms with E-state index in [1.807, 2.05) is 55.8 Å². The number of aromatic nitrogens is 3. The van der Waals surface area contributed by atoms with Crippen molar-refractivity contribution in [2.45, 2.75) is 38.5 Å². The number of aryl methyl sites for hydroxylation is 1. The van der Waals surface area contributed by atoms with Gasteiger partial charge in [0.05, 0.1) is 6.04 Å². The summed E-state index contributed by atoms with van der Waals surface area (Å²) in [5.41, 5.74) is 0.882. The van der Waals surface area contributed by atoms with E-state index in [0.717, 1.165) is 11.4 Å². The van der Waals surface area contributed by atoms with Crippen molar-refractivity contribution in [3.8, 4) is 0 Å². The molecule has 0 saturated carbocycles. The van der Waals surface area contributed by atoms with E-state index >= 15 is 0 Å². The molecular formula is C19H25N5O3. The smallest absolute Gasteiger partial charge is 0.251 e. The molecule has 1 aromatic heterocycles. The molecule has 8 nitrogen and oxygen atoms in total. The number of carbonyl (C=O) groups excluding carboxylic acids is 2. The van der Waals surface area contributed by atoms with Crippen LogP contribution in [0.3, 0.4) is 0 Å². The molecule has 2 amide bonds. The lowest BCUT2D eigenvalue weighted by atomic mass is 9.96. The van der Waals surface area contributed by atoms with Crippen LogP contribution in [-0.2, 0) is 27.8 Å². The van der Waals surface area contributed by atoms with Gasteiger partial charge in [0.15, 0.2) is 6.10 Å². The average Bonchev–Trinajstić information content (AvgIpc) is 3.06. The molecule has 8 heteroatoms. The zero-order valence-corrected chi connectivity index (χ0v) is 15.8. The van der Waals surface area contributed by atoms with Gasteiger partial charge in [-0.1, -0.05) is 30.3 Å². The molecule has 2 unspecified atom stereocenters. The van der Waals surface area contributed by atoms with E-state index in [0.29, 0.717) is 13.0 Å². The first kappa shape index (κ1) is 19.0. The lowest BCUT2D eigenvalue weighted by Gasteiger charge is -2.42. The van der Waals surface area contributed by atoms with Crippen LogP contribution in [0.4, 0.5) is 0 Å². The third kappa shape index (κ3) is 4.16. The summed E-state index contributed by atoms with van der Waals surface area (Å²) in [5.74, 6) is 0.449. The van der Waals surface area contributed by atoms with Crippen LogP contribution in [0.5, 0.6) is 0 Å². The highest BCUT2D eigenvalue weighted by molar-refractivity contribution is 5.86. The Morgan fingerprint density at radius 2 is 2.07 bits per heavy atom. The molecule has 0 spiro atoms. The summed E-state index contributed by atoms with van der Waals surface area (Å²) in [6, 6.07) is 9.04. The maximum atomic E-state index is 12.9. The predicted octanol–water partition coefficient (Wildman–Crippen LogP) is 0.851. The van der Waals surface area contributed by atoms with Gasteiger partial charge >= 0.3 is 0 Å². The molecule has 2 aromatic rings. The van der Waals surface area contributed by atoms with Gasteiger partial charge < -0.3 is 19.5 Å². The first-order valence-electron chi connectivity index (χ1n) is 9.07. The summed E-state index contributed by atoms with van der Waals surface area (Å²) in [7, 11) is 1.86. The minimum atomic E-state index is -0.757. The number of benzene rings is 1. The van der Waals surface area contributed by atoms with Gasteiger partial charge in [0.25, 0.3) is 5.91 Å². The Labute approximate surface area is 158 Å². The molecule has 0 aliphatic carbocycles. The number of hydrogen-bond donors (Lipinski definition) is 1. The highest BCUT2D eigenvalue weighted by Crippen LogP contribution is 2.32. The topological polar surface area (TPSA) is 89.3 Å². The van der Waals surface area contributed by atoms with E-state index < -0.39 is 12.1 Å². The van der Waals surface area contributed by atoms with Crippen LogP contribution in [0.15, 0.2) is 36.7 Å². The molecule has 0 radical (unpaired) electrons. The van der Waals surface area contributed by atoms with Crippen molar-refractivity contribution in [1.82, 2.24) is 25.0 Å². The van der Waals surface area contributed by atoms with Gasteiger partial charge in [0.2, 0.25) is 5.91 Å². The van der Waals surface area contributed by atoms with Crippen molar-refractivity contribution in [2.75, 3.05) is 13.2 Å². The van der Waals surface area contributed by atoms with Crippen molar-refractivity contribution in [3.63, 3.8) is 0 Å². The number of nitrogens with one attached hydrogen (secondary N) is 1. The van der Waals surface area contributed by atoms with Crippen molar-refractivity contribution in [2.24, 2.45) is 7.05 Å². The molecule has 1 N–H and O–H groups in total. The number of hydrogen-bond acceptors (Lipinski definition) is 5. The monoisotopic (exact) mass is 371 g/mol. The summed E-state index contributed by atoms with van der Waals surface area (Å²) >= 11 is 0. The highest BCUT2D eigenvalue weighted by atomic mass is 16.5. The third-order valence-electron chi connectivity index (χ3n) is 4.67. The zero-order valence-electron chi connectivity index (χ0n) is 15.8. The van der Waals surface area contributed by atoms with Crippen molar-refractivity contribution < 1.29 is 14.3 Å². The number of carbonyl (C=O) groups is 2. The van der Waals surface area contributed by atoms with Gasteiger partial charge in [0, 0.05) is 26.1 Å². The van der Waals surface area contributed by atoms with Crippen LogP contribution in [0.2, 0.25) is 0 Å². The summed E-state index contributed by atoms with van der Waals surface area (Å²) in [5, 5.41) is 10.7. The van der Waals surface area contributed by atoms with Gasteiger partial charge in [-0.3, -0.25) is 9.59 Å². The Morgan fingerprint density at radius 1 is 1.33 bits per heavy atom.